The smallest absolute Gasteiger partial charge is 0.330 e. The predicted octanol–water partition coefficient (Wildman–Crippen LogP) is 14.1. The van der Waals surface area contributed by atoms with Crippen molar-refractivity contribution in [2.45, 2.75) is 181 Å². The van der Waals surface area contributed by atoms with E-state index >= 15 is 0 Å². The highest BCUT2D eigenvalue weighted by atomic mass is 16.6. The zero-order valence-corrected chi connectivity index (χ0v) is 26.2. The summed E-state index contributed by atoms with van der Waals surface area (Å²) in [6.45, 7) is 14.3. The fraction of sp³-hybridized carbons (Fsp3) is 0.860. The summed E-state index contributed by atoms with van der Waals surface area (Å²) < 4.78 is 60.1. The standard InChI is InChI=1S/C30H52O14.20CH4/c1-4-9-34-11-13-37-23-27(24-38-14-12-35-10-7-8-31)41-19-15-36-16-20-42-28(25-39-17-21-43-29(32)5-2)26-40-18-22-44-30(33)6-3;;;;;;;;;;;;;;;;;;;;/h5-6,8,27-28H,2-4,7,9-26H2,1H3;20*1H4. The van der Waals surface area contributed by atoms with Gasteiger partial charge in [-0.05, 0) is 6.42 Å². The van der Waals surface area contributed by atoms with E-state index in [0.717, 1.165) is 24.9 Å². The maximum Gasteiger partial charge on any atom is 0.330 e. The first kappa shape index (κ1) is 137. The summed E-state index contributed by atoms with van der Waals surface area (Å²) in [5.41, 5.74) is 0. The maximum atomic E-state index is 11.1. The molecule has 1 unspecified atom stereocenters. The number of esters is 2. The SMILES string of the molecule is C.C.C.C.C.C.C.C.C.C.C.C.C.C.C.C.C.C.C.C.C=CC(=O)OCCOCC(COCCOC(=O)C=C)OCCOCCOC(COCCOCCC)COCCOCCC=O. The molecule has 0 N–H and O–H groups in total. The molecule has 0 rings (SSSR count). The quantitative estimate of drug-likeness (QED) is 0.0256. The van der Waals surface area contributed by atoms with Crippen LogP contribution in [0.25, 0.3) is 0 Å². The molecule has 0 saturated carbocycles. The van der Waals surface area contributed by atoms with Crippen LogP contribution in [0.3, 0.4) is 0 Å². The van der Waals surface area contributed by atoms with Gasteiger partial charge in [0.15, 0.2) is 0 Å². The van der Waals surface area contributed by atoms with Gasteiger partial charge in [-0.3, -0.25) is 0 Å². The van der Waals surface area contributed by atoms with Crippen molar-refractivity contribution in [1.82, 2.24) is 0 Å². The number of aldehydes is 1. The van der Waals surface area contributed by atoms with E-state index in [1.807, 2.05) is 6.92 Å². The normalized spacial score (nSPS) is 8.09. The predicted molar refractivity (Wildman–Crippen MR) is 293 cm³/mol. The molecule has 0 radical (unpaired) electrons. The van der Waals surface area contributed by atoms with Crippen molar-refractivity contribution in [2.24, 2.45) is 0 Å². The molecule has 1 atom stereocenters. The number of ether oxygens (including phenoxy) is 11. The lowest BCUT2D eigenvalue weighted by Crippen LogP contribution is -2.30. The molecule has 0 aliphatic heterocycles. The minimum absolute atomic E-state index is 0. The lowest BCUT2D eigenvalue weighted by molar-refractivity contribution is -0.140. The van der Waals surface area contributed by atoms with Gasteiger partial charge in [0.25, 0.3) is 0 Å². The summed E-state index contributed by atoms with van der Waals surface area (Å²) in [6.07, 6.45) is 3.54. The molecule has 0 aromatic carbocycles. The van der Waals surface area contributed by atoms with Gasteiger partial charge in [-0.15, -0.1) is 0 Å². The van der Waals surface area contributed by atoms with Gasteiger partial charge in [-0.25, -0.2) is 9.59 Å². The fourth-order valence-electron chi connectivity index (χ4n) is 3.03. The van der Waals surface area contributed by atoms with Gasteiger partial charge < -0.3 is 56.9 Å². The first-order valence-corrected chi connectivity index (χ1v) is 14.9. The Morgan fingerprint density at radius 2 is 0.625 bits per heavy atom. The maximum absolute atomic E-state index is 11.1. The van der Waals surface area contributed by atoms with Crippen molar-refractivity contribution in [3.05, 3.63) is 25.3 Å². The number of carbonyl (C=O) groups is 3. The van der Waals surface area contributed by atoms with E-state index < -0.39 is 18.0 Å². The lowest BCUT2D eigenvalue weighted by Gasteiger charge is -2.19. The third kappa shape index (κ3) is 103. The second-order valence-corrected chi connectivity index (χ2v) is 8.82. The van der Waals surface area contributed by atoms with E-state index in [1.165, 1.54) is 0 Å². The van der Waals surface area contributed by atoms with E-state index in [1.54, 1.807) is 0 Å². The van der Waals surface area contributed by atoms with Crippen molar-refractivity contribution in [3.63, 3.8) is 0 Å². The molecular formula is C50H132O14. The molecule has 0 spiro atoms. The van der Waals surface area contributed by atoms with E-state index in [-0.39, 0.29) is 201 Å². The van der Waals surface area contributed by atoms with Gasteiger partial charge in [0.2, 0.25) is 0 Å². The van der Waals surface area contributed by atoms with E-state index in [2.05, 4.69) is 13.2 Å². The topological polar surface area (TPSA) is 153 Å². The molecule has 0 fully saturated rings. The Morgan fingerprint density at radius 1 is 0.375 bits per heavy atom. The first-order chi connectivity index (χ1) is 21.6. The van der Waals surface area contributed by atoms with Gasteiger partial charge in [0.1, 0.15) is 31.7 Å². The van der Waals surface area contributed by atoms with E-state index in [9.17, 15) is 14.4 Å². The van der Waals surface area contributed by atoms with Crippen molar-refractivity contribution < 1.29 is 66.5 Å². The summed E-state index contributed by atoms with van der Waals surface area (Å²) in [4.78, 5) is 32.6. The third-order valence-electron chi connectivity index (χ3n) is 5.13. The fourth-order valence-corrected chi connectivity index (χ4v) is 3.03. The Morgan fingerprint density at radius 3 is 0.906 bits per heavy atom. The van der Waals surface area contributed by atoms with Crippen LogP contribution in [-0.4, -0.2) is 149 Å². The molecule has 0 saturated heterocycles. The minimum Gasteiger partial charge on any atom is -0.460 e. The Bertz CT molecular complexity index is 684. The number of hydrogen-bond acceptors (Lipinski definition) is 14. The van der Waals surface area contributed by atoms with Gasteiger partial charge in [0, 0.05) is 25.2 Å². The van der Waals surface area contributed by atoms with Crippen LogP contribution in [0.15, 0.2) is 25.3 Å². The van der Waals surface area contributed by atoms with Gasteiger partial charge in [-0.1, -0.05) is 169 Å². The van der Waals surface area contributed by atoms with E-state index in [0.29, 0.717) is 79.1 Å². The molecule has 0 aromatic heterocycles. The molecule has 0 amide bonds. The van der Waals surface area contributed by atoms with Crippen LogP contribution in [0.4, 0.5) is 0 Å². The van der Waals surface area contributed by atoms with Crippen LogP contribution in [0.5, 0.6) is 0 Å². The average molecular weight is 958 g/mol. The summed E-state index contributed by atoms with van der Waals surface area (Å²) in [6, 6.07) is 0. The number of carbonyl (C=O) groups excluding carboxylic acids is 3. The van der Waals surface area contributed by atoms with Crippen molar-refractivity contribution in [1.29, 1.82) is 0 Å². The second-order valence-electron chi connectivity index (χ2n) is 8.82. The molecule has 14 heteroatoms. The molecule has 416 valence electrons. The Balaban J connectivity index is -0.0000000487. The van der Waals surface area contributed by atoms with Crippen molar-refractivity contribution in [3.8, 4) is 0 Å². The molecule has 0 bridgehead atoms. The highest BCUT2D eigenvalue weighted by Crippen LogP contribution is 1.99. The minimum atomic E-state index is -0.527. The summed E-state index contributed by atoms with van der Waals surface area (Å²) >= 11 is 0. The Hall–Kier alpha value is -2.27. The summed E-state index contributed by atoms with van der Waals surface area (Å²) in [5.74, 6) is -1.05. The molecule has 0 heterocycles. The Kier molecular flexibility index (Phi) is 243. The first-order valence-electron chi connectivity index (χ1n) is 14.9. The lowest BCUT2D eigenvalue weighted by atomic mass is 10.4. The van der Waals surface area contributed by atoms with Crippen molar-refractivity contribution >= 4 is 18.2 Å². The molecule has 0 aliphatic carbocycles. The Labute approximate surface area is 408 Å². The summed E-state index contributed by atoms with van der Waals surface area (Å²) in [5, 5.41) is 0. The van der Waals surface area contributed by atoms with Gasteiger partial charge in [-0.2, -0.15) is 0 Å². The molecule has 0 aliphatic rings. The van der Waals surface area contributed by atoms with Crippen LogP contribution in [0, 0.1) is 0 Å². The van der Waals surface area contributed by atoms with Crippen LogP contribution in [0.2, 0.25) is 0 Å². The molecule has 14 nitrogen and oxygen atoms in total. The summed E-state index contributed by atoms with van der Waals surface area (Å²) in [7, 11) is 0. The number of hydrogen-bond donors (Lipinski definition) is 0. The zero-order chi connectivity index (χ0) is 32.4. The monoisotopic (exact) mass is 957 g/mol. The molecule has 0 aromatic rings. The van der Waals surface area contributed by atoms with E-state index in [4.69, 9.17) is 52.1 Å². The molecule has 64 heavy (non-hydrogen) atoms. The molecular weight excluding hydrogens is 825 g/mol. The second kappa shape index (κ2) is 113. The average Bonchev–Trinajstić information content (AvgIpc) is 3.03. The van der Waals surface area contributed by atoms with Crippen LogP contribution >= 0.6 is 0 Å². The van der Waals surface area contributed by atoms with Crippen LogP contribution in [0.1, 0.15) is 168 Å². The highest BCUT2D eigenvalue weighted by Gasteiger charge is 2.12. The number of rotatable bonds is 35. The van der Waals surface area contributed by atoms with Crippen molar-refractivity contribution in [2.75, 3.05) is 119 Å². The van der Waals surface area contributed by atoms with Gasteiger partial charge in [0.05, 0.1) is 99.1 Å². The zero-order valence-electron chi connectivity index (χ0n) is 26.2. The highest BCUT2D eigenvalue weighted by molar-refractivity contribution is 5.81. The third-order valence-corrected chi connectivity index (χ3v) is 5.13. The largest absolute Gasteiger partial charge is 0.460 e. The van der Waals surface area contributed by atoms with Crippen LogP contribution < -0.4 is 0 Å². The van der Waals surface area contributed by atoms with Crippen LogP contribution in [-0.2, 0) is 66.5 Å². The van der Waals surface area contributed by atoms with Gasteiger partial charge >= 0.3 is 11.9 Å².